The molecule has 4 nitrogen and oxygen atoms in total. The maximum atomic E-state index is 12.8. The van der Waals surface area contributed by atoms with E-state index in [1.807, 2.05) is 41.3 Å². The van der Waals surface area contributed by atoms with E-state index in [1.165, 1.54) is 0 Å². The average molecular weight is 354 g/mol. The fourth-order valence-electron chi connectivity index (χ4n) is 3.06. The zero-order chi connectivity index (χ0) is 18.9. The van der Waals surface area contributed by atoms with E-state index in [0.29, 0.717) is 5.92 Å². The van der Waals surface area contributed by atoms with Crippen LogP contribution in [0.25, 0.3) is 17.0 Å². The Hall–Kier alpha value is -2.20. The van der Waals surface area contributed by atoms with Crippen molar-refractivity contribution in [1.29, 1.82) is 0 Å². The molecule has 26 heavy (non-hydrogen) atoms. The van der Waals surface area contributed by atoms with E-state index >= 15 is 0 Å². The van der Waals surface area contributed by atoms with Gasteiger partial charge in [0.2, 0.25) is 5.91 Å². The predicted molar refractivity (Wildman–Crippen MR) is 110 cm³/mol. The molecule has 2 rings (SSSR count). The van der Waals surface area contributed by atoms with E-state index < -0.39 is 0 Å². The number of nitrogens with zero attached hydrogens (tertiary/aromatic N) is 3. The van der Waals surface area contributed by atoms with Crippen LogP contribution in [0.5, 0.6) is 0 Å². The number of likely N-dealkylation sites (N-methyl/N-ethyl adjacent to an activating group) is 1. The van der Waals surface area contributed by atoms with Crippen LogP contribution in [0.1, 0.15) is 33.3 Å². The Morgan fingerprint density at radius 2 is 1.85 bits per heavy atom. The summed E-state index contributed by atoms with van der Waals surface area (Å²) in [5.41, 5.74) is 1.90. The normalized spacial score (nSPS) is 11.8. The van der Waals surface area contributed by atoms with Gasteiger partial charge in [0.1, 0.15) is 0 Å². The molecule has 0 unspecified atom stereocenters. The molecule has 140 valence electrons. The number of hydrogen-bond donors (Lipinski definition) is 0. The molecule has 0 fully saturated rings. The number of para-hydroxylation sites is 1. The summed E-state index contributed by atoms with van der Waals surface area (Å²) in [6, 6.07) is 10.0. The third kappa shape index (κ3) is 5.67. The van der Waals surface area contributed by atoms with Crippen LogP contribution in [0.4, 0.5) is 0 Å². The van der Waals surface area contributed by atoms with Crippen molar-refractivity contribution in [3.05, 3.63) is 48.2 Å². The van der Waals surface area contributed by atoms with Crippen LogP contribution in [-0.2, 0) is 4.79 Å². The Kier molecular flexibility index (Phi) is 7.79. The summed E-state index contributed by atoms with van der Waals surface area (Å²) >= 11 is 0. The van der Waals surface area contributed by atoms with Gasteiger partial charge in [-0.05, 0) is 31.1 Å². The smallest absolute Gasteiger partial charge is 0.246 e. The molecular formula is C22H31N3O. The highest BCUT2D eigenvalue weighted by molar-refractivity contribution is 5.95. The van der Waals surface area contributed by atoms with Gasteiger partial charge in [-0.1, -0.05) is 52.0 Å². The minimum Gasteiger partial charge on any atom is -0.338 e. The second-order valence-corrected chi connectivity index (χ2v) is 6.96. The van der Waals surface area contributed by atoms with Gasteiger partial charge in [-0.15, -0.1) is 0 Å². The summed E-state index contributed by atoms with van der Waals surface area (Å²) in [7, 11) is 0. The van der Waals surface area contributed by atoms with Crippen LogP contribution < -0.4 is 0 Å². The first-order valence-electron chi connectivity index (χ1n) is 9.58. The molecular weight excluding hydrogens is 322 g/mol. The molecule has 0 spiro atoms. The Balaban J connectivity index is 2.13. The molecule has 1 aromatic carbocycles. The quantitative estimate of drug-likeness (QED) is 0.638. The Bertz CT molecular complexity index is 730. The molecule has 0 N–H and O–H groups in total. The van der Waals surface area contributed by atoms with Crippen molar-refractivity contribution in [2.45, 2.75) is 27.7 Å². The van der Waals surface area contributed by atoms with Crippen LogP contribution in [0.3, 0.4) is 0 Å². The number of fused-ring (bicyclic) bond motifs is 1. The molecule has 0 aliphatic carbocycles. The molecule has 1 aromatic heterocycles. The zero-order valence-corrected chi connectivity index (χ0v) is 16.5. The lowest BCUT2D eigenvalue weighted by atomic mass is 10.1. The molecule has 2 aromatic rings. The Morgan fingerprint density at radius 1 is 1.12 bits per heavy atom. The number of carbonyl (C=O) groups is 1. The fraction of sp³-hybridized carbons (Fsp3) is 0.455. The minimum absolute atomic E-state index is 0.0683. The maximum absolute atomic E-state index is 12.8. The second kappa shape index (κ2) is 10.1. The van der Waals surface area contributed by atoms with Gasteiger partial charge in [-0.3, -0.25) is 9.78 Å². The van der Waals surface area contributed by atoms with E-state index in [-0.39, 0.29) is 5.91 Å². The Morgan fingerprint density at radius 3 is 2.54 bits per heavy atom. The first kappa shape index (κ1) is 20.1. The molecule has 0 aliphatic heterocycles. The van der Waals surface area contributed by atoms with Gasteiger partial charge in [0.25, 0.3) is 0 Å². The van der Waals surface area contributed by atoms with E-state index in [0.717, 1.165) is 49.2 Å². The number of benzene rings is 1. The molecule has 0 bridgehead atoms. The summed E-state index contributed by atoms with van der Waals surface area (Å²) in [4.78, 5) is 21.5. The number of hydrogen-bond acceptors (Lipinski definition) is 3. The van der Waals surface area contributed by atoms with Crippen LogP contribution in [0, 0.1) is 5.92 Å². The van der Waals surface area contributed by atoms with Gasteiger partial charge >= 0.3 is 0 Å². The van der Waals surface area contributed by atoms with E-state index in [2.05, 4.69) is 37.6 Å². The van der Waals surface area contributed by atoms with Crippen LogP contribution in [0.15, 0.2) is 42.6 Å². The zero-order valence-electron chi connectivity index (χ0n) is 16.5. The highest BCUT2D eigenvalue weighted by Gasteiger charge is 2.13. The molecule has 1 heterocycles. The monoisotopic (exact) mass is 353 g/mol. The van der Waals surface area contributed by atoms with Gasteiger partial charge in [-0.25, -0.2) is 0 Å². The third-order valence-electron chi connectivity index (χ3n) is 4.55. The van der Waals surface area contributed by atoms with Gasteiger partial charge in [0.15, 0.2) is 0 Å². The lowest BCUT2D eigenvalue weighted by Gasteiger charge is -2.27. The summed E-state index contributed by atoms with van der Waals surface area (Å²) in [5, 5.41) is 1.09. The van der Waals surface area contributed by atoms with Gasteiger partial charge in [0.05, 0.1) is 5.52 Å². The number of rotatable bonds is 9. The van der Waals surface area contributed by atoms with Crippen molar-refractivity contribution in [3.63, 3.8) is 0 Å². The Labute approximate surface area is 157 Å². The third-order valence-corrected chi connectivity index (χ3v) is 4.55. The van der Waals surface area contributed by atoms with Crippen molar-refractivity contribution < 1.29 is 4.79 Å². The highest BCUT2D eigenvalue weighted by atomic mass is 16.2. The fourth-order valence-corrected chi connectivity index (χ4v) is 3.06. The number of pyridine rings is 1. The predicted octanol–water partition coefficient (Wildman–Crippen LogP) is 4.07. The molecule has 0 atom stereocenters. The summed E-state index contributed by atoms with van der Waals surface area (Å²) in [6.07, 6.45) is 5.37. The van der Waals surface area contributed by atoms with Crippen molar-refractivity contribution in [1.82, 2.24) is 14.8 Å². The SMILES string of the molecule is CCN(CC)CCN(CC(C)C)C(=O)C=Cc1cccc2cccnc12. The van der Waals surface area contributed by atoms with E-state index in [1.54, 1.807) is 12.3 Å². The van der Waals surface area contributed by atoms with Crippen molar-refractivity contribution in [2.75, 3.05) is 32.7 Å². The molecule has 0 radical (unpaired) electrons. The number of amides is 1. The summed E-state index contributed by atoms with van der Waals surface area (Å²) < 4.78 is 0. The van der Waals surface area contributed by atoms with Crippen molar-refractivity contribution in [3.8, 4) is 0 Å². The van der Waals surface area contributed by atoms with Gasteiger partial charge in [0, 0.05) is 42.9 Å². The largest absolute Gasteiger partial charge is 0.338 e. The highest BCUT2D eigenvalue weighted by Crippen LogP contribution is 2.17. The van der Waals surface area contributed by atoms with Gasteiger partial charge < -0.3 is 9.80 Å². The van der Waals surface area contributed by atoms with Crippen molar-refractivity contribution >= 4 is 22.9 Å². The lowest BCUT2D eigenvalue weighted by Crippen LogP contribution is -2.39. The summed E-state index contributed by atoms with van der Waals surface area (Å²) in [6.45, 7) is 13.1. The van der Waals surface area contributed by atoms with Crippen LogP contribution in [-0.4, -0.2) is 53.4 Å². The average Bonchev–Trinajstić information content (AvgIpc) is 2.65. The first-order chi connectivity index (χ1) is 12.5. The number of aromatic nitrogens is 1. The van der Waals surface area contributed by atoms with E-state index in [9.17, 15) is 4.79 Å². The topological polar surface area (TPSA) is 36.4 Å². The van der Waals surface area contributed by atoms with E-state index in [4.69, 9.17) is 0 Å². The van der Waals surface area contributed by atoms with Crippen molar-refractivity contribution in [2.24, 2.45) is 5.92 Å². The van der Waals surface area contributed by atoms with Gasteiger partial charge in [-0.2, -0.15) is 0 Å². The van der Waals surface area contributed by atoms with Crippen LogP contribution in [0.2, 0.25) is 0 Å². The molecule has 1 amide bonds. The number of carbonyl (C=O) groups excluding carboxylic acids is 1. The standard InChI is InChI=1S/C22H31N3O/c1-5-24(6-2)15-16-25(17-18(3)4)21(26)13-12-20-10-7-9-19-11-8-14-23-22(19)20/h7-14,18H,5-6,15-17H2,1-4H3. The first-order valence-corrected chi connectivity index (χ1v) is 9.58. The molecule has 0 saturated heterocycles. The molecule has 0 aliphatic rings. The molecule has 4 heteroatoms. The minimum atomic E-state index is 0.0683. The lowest BCUT2D eigenvalue weighted by molar-refractivity contribution is -0.126. The molecule has 0 saturated carbocycles. The second-order valence-electron chi connectivity index (χ2n) is 6.96. The van der Waals surface area contributed by atoms with Crippen LogP contribution >= 0.6 is 0 Å². The summed E-state index contributed by atoms with van der Waals surface area (Å²) in [5.74, 6) is 0.516. The maximum Gasteiger partial charge on any atom is 0.246 e.